The highest BCUT2D eigenvalue weighted by Gasteiger charge is 2.09. The maximum atomic E-state index is 11.5. The van der Waals surface area contributed by atoms with E-state index in [4.69, 9.17) is 8.83 Å². The van der Waals surface area contributed by atoms with Crippen LogP contribution >= 0.6 is 0 Å². The van der Waals surface area contributed by atoms with Crippen LogP contribution in [0.15, 0.2) is 44.7 Å². The van der Waals surface area contributed by atoms with Gasteiger partial charge >= 0.3 is 0 Å². The standard InChI is InChI=1S/C11H10N2O3/c1-8-10(4-6-15-8)11(14)13-12-7-9-3-2-5-16-9/h2-7H,1H3,(H,13,14). The van der Waals surface area contributed by atoms with Crippen molar-refractivity contribution < 1.29 is 13.6 Å². The van der Waals surface area contributed by atoms with Crippen molar-refractivity contribution in [2.24, 2.45) is 5.10 Å². The fourth-order valence-electron chi connectivity index (χ4n) is 1.20. The predicted molar refractivity (Wildman–Crippen MR) is 57.2 cm³/mol. The average molecular weight is 218 g/mol. The molecule has 2 aromatic heterocycles. The molecular weight excluding hydrogens is 208 g/mol. The first-order valence-electron chi connectivity index (χ1n) is 4.68. The molecule has 5 nitrogen and oxygen atoms in total. The minimum absolute atomic E-state index is 0.311. The zero-order chi connectivity index (χ0) is 11.4. The molecule has 0 unspecified atom stereocenters. The van der Waals surface area contributed by atoms with Gasteiger partial charge in [-0.2, -0.15) is 5.10 Å². The van der Waals surface area contributed by atoms with Crippen LogP contribution in [0.5, 0.6) is 0 Å². The zero-order valence-electron chi connectivity index (χ0n) is 8.64. The quantitative estimate of drug-likeness (QED) is 0.632. The highest BCUT2D eigenvalue weighted by Crippen LogP contribution is 2.07. The molecule has 0 fully saturated rings. The van der Waals surface area contributed by atoms with Crippen molar-refractivity contribution in [2.75, 3.05) is 0 Å². The van der Waals surface area contributed by atoms with E-state index in [1.54, 1.807) is 25.1 Å². The van der Waals surface area contributed by atoms with Crippen molar-refractivity contribution in [3.05, 3.63) is 47.8 Å². The van der Waals surface area contributed by atoms with Crippen LogP contribution < -0.4 is 5.43 Å². The van der Waals surface area contributed by atoms with Gasteiger partial charge in [0.1, 0.15) is 11.5 Å². The summed E-state index contributed by atoms with van der Waals surface area (Å²) < 4.78 is 10.0. The number of nitrogens with one attached hydrogen (secondary N) is 1. The monoisotopic (exact) mass is 218 g/mol. The molecule has 0 aliphatic heterocycles. The van der Waals surface area contributed by atoms with Gasteiger partial charge in [-0.05, 0) is 25.1 Å². The topological polar surface area (TPSA) is 67.7 Å². The van der Waals surface area contributed by atoms with Crippen LogP contribution in [0.1, 0.15) is 21.9 Å². The van der Waals surface area contributed by atoms with Crippen LogP contribution in [-0.2, 0) is 0 Å². The van der Waals surface area contributed by atoms with Gasteiger partial charge in [-0.3, -0.25) is 4.79 Å². The highest BCUT2D eigenvalue weighted by molar-refractivity contribution is 5.95. The highest BCUT2D eigenvalue weighted by atomic mass is 16.3. The SMILES string of the molecule is Cc1occc1C(=O)NN=Cc1ccco1. The van der Waals surface area contributed by atoms with Crippen molar-refractivity contribution in [1.29, 1.82) is 0 Å². The number of carbonyl (C=O) groups excluding carboxylic acids is 1. The molecule has 2 aromatic rings. The Morgan fingerprint density at radius 1 is 1.38 bits per heavy atom. The Hall–Kier alpha value is -2.30. The van der Waals surface area contributed by atoms with Crippen LogP contribution in [0.4, 0.5) is 0 Å². The molecule has 1 amide bonds. The Morgan fingerprint density at radius 2 is 2.25 bits per heavy atom. The van der Waals surface area contributed by atoms with Crippen LogP contribution in [0.25, 0.3) is 0 Å². The van der Waals surface area contributed by atoms with E-state index in [0.717, 1.165) is 0 Å². The van der Waals surface area contributed by atoms with Gasteiger partial charge in [0.05, 0.1) is 24.3 Å². The van der Waals surface area contributed by atoms with E-state index in [0.29, 0.717) is 17.1 Å². The average Bonchev–Trinajstić information content (AvgIpc) is 2.88. The Balaban J connectivity index is 1.97. The first-order chi connectivity index (χ1) is 7.77. The summed E-state index contributed by atoms with van der Waals surface area (Å²) in [6.45, 7) is 1.71. The Kier molecular flexibility index (Phi) is 2.86. The second kappa shape index (κ2) is 4.48. The molecule has 0 aromatic carbocycles. The van der Waals surface area contributed by atoms with Crippen molar-refractivity contribution in [3.63, 3.8) is 0 Å². The number of furan rings is 2. The molecule has 0 saturated carbocycles. The number of amides is 1. The number of nitrogens with zero attached hydrogens (tertiary/aromatic N) is 1. The third-order valence-corrected chi connectivity index (χ3v) is 2.00. The Bertz CT molecular complexity index is 497. The fourth-order valence-corrected chi connectivity index (χ4v) is 1.20. The summed E-state index contributed by atoms with van der Waals surface area (Å²) in [5, 5.41) is 3.75. The molecule has 0 atom stereocenters. The molecule has 0 radical (unpaired) electrons. The van der Waals surface area contributed by atoms with Gasteiger partial charge in [0, 0.05) is 0 Å². The van der Waals surface area contributed by atoms with Crippen molar-refractivity contribution in [3.8, 4) is 0 Å². The smallest absolute Gasteiger partial charge is 0.274 e. The third kappa shape index (κ3) is 2.20. The minimum atomic E-state index is -0.311. The van der Waals surface area contributed by atoms with Gasteiger partial charge in [0.25, 0.3) is 5.91 Å². The van der Waals surface area contributed by atoms with Gasteiger partial charge in [-0.1, -0.05) is 0 Å². The number of hydrazone groups is 1. The molecule has 2 rings (SSSR count). The molecule has 1 N–H and O–H groups in total. The van der Waals surface area contributed by atoms with Crippen LogP contribution in [0.2, 0.25) is 0 Å². The zero-order valence-corrected chi connectivity index (χ0v) is 8.64. The molecule has 0 aliphatic rings. The van der Waals surface area contributed by atoms with Crippen LogP contribution in [0, 0.1) is 6.92 Å². The van der Waals surface area contributed by atoms with E-state index in [9.17, 15) is 4.79 Å². The third-order valence-electron chi connectivity index (χ3n) is 2.00. The summed E-state index contributed by atoms with van der Waals surface area (Å²) in [6, 6.07) is 5.06. The van der Waals surface area contributed by atoms with E-state index in [-0.39, 0.29) is 5.91 Å². The van der Waals surface area contributed by atoms with Crippen LogP contribution in [0.3, 0.4) is 0 Å². The molecule has 0 saturated heterocycles. The molecule has 2 heterocycles. The summed E-state index contributed by atoms with van der Waals surface area (Å²) in [6.07, 6.45) is 4.41. The molecule has 16 heavy (non-hydrogen) atoms. The number of carbonyl (C=O) groups is 1. The second-order valence-electron chi connectivity index (χ2n) is 3.11. The van der Waals surface area contributed by atoms with Gasteiger partial charge < -0.3 is 8.83 Å². The van der Waals surface area contributed by atoms with Crippen molar-refractivity contribution >= 4 is 12.1 Å². The molecule has 0 aliphatic carbocycles. The Morgan fingerprint density at radius 3 is 2.88 bits per heavy atom. The minimum Gasteiger partial charge on any atom is -0.469 e. The van der Waals surface area contributed by atoms with E-state index in [1.165, 1.54) is 18.7 Å². The summed E-state index contributed by atoms with van der Waals surface area (Å²) in [5.74, 6) is 0.823. The van der Waals surface area contributed by atoms with Gasteiger partial charge in [0.2, 0.25) is 0 Å². The van der Waals surface area contributed by atoms with E-state index in [2.05, 4.69) is 10.5 Å². The summed E-state index contributed by atoms with van der Waals surface area (Å²) in [5.41, 5.74) is 2.84. The largest absolute Gasteiger partial charge is 0.469 e. The fraction of sp³-hybridized carbons (Fsp3) is 0.0909. The second-order valence-corrected chi connectivity index (χ2v) is 3.11. The lowest BCUT2D eigenvalue weighted by molar-refractivity contribution is 0.0953. The van der Waals surface area contributed by atoms with Gasteiger partial charge in [-0.15, -0.1) is 0 Å². The summed E-state index contributed by atoms with van der Waals surface area (Å²) in [7, 11) is 0. The van der Waals surface area contributed by atoms with Gasteiger partial charge in [-0.25, -0.2) is 5.43 Å². The maximum absolute atomic E-state index is 11.5. The number of rotatable bonds is 3. The lowest BCUT2D eigenvalue weighted by atomic mass is 10.2. The summed E-state index contributed by atoms with van der Waals surface area (Å²) in [4.78, 5) is 11.5. The number of hydrogen-bond donors (Lipinski definition) is 1. The lowest BCUT2D eigenvalue weighted by Crippen LogP contribution is -2.17. The molecule has 82 valence electrons. The van der Waals surface area contributed by atoms with Gasteiger partial charge in [0.15, 0.2) is 0 Å². The van der Waals surface area contributed by atoms with Crippen molar-refractivity contribution in [1.82, 2.24) is 5.43 Å². The molecule has 5 heteroatoms. The molecule has 0 spiro atoms. The van der Waals surface area contributed by atoms with E-state index in [1.807, 2.05) is 0 Å². The molecular formula is C11H10N2O3. The first kappa shape index (κ1) is 10.2. The molecule has 0 bridgehead atoms. The van der Waals surface area contributed by atoms with E-state index >= 15 is 0 Å². The first-order valence-corrected chi connectivity index (χ1v) is 4.68. The lowest BCUT2D eigenvalue weighted by Gasteiger charge is -1.96. The van der Waals surface area contributed by atoms with E-state index < -0.39 is 0 Å². The number of aryl methyl sites for hydroxylation is 1. The normalized spacial score (nSPS) is 10.8. The predicted octanol–water partition coefficient (Wildman–Crippen LogP) is 1.94. The Labute approximate surface area is 91.7 Å². The number of hydrogen-bond acceptors (Lipinski definition) is 4. The van der Waals surface area contributed by atoms with Crippen molar-refractivity contribution in [2.45, 2.75) is 6.92 Å². The van der Waals surface area contributed by atoms with Crippen LogP contribution in [-0.4, -0.2) is 12.1 Å². The summed E-state index contributed by atoms with van der Waals surface area (Å²) >= 11 is 0. The maximum Gasteiger partial charge on any atom is 0.274 e.